The number of hydrogen-bond acceptors (Lipinski definition) is 8. The number of benzene rings is 3. The van der Waals surface area contributed by atoms with Crippen LogP contribution in [0.25, 0.3) is 0 Å². The SMILES string of the molecule is CCOc1ccc(N=C2S[C@@H](CC(=O)Nc3ccc(C(C)=O)cc3)C(=O)N2Cc2ccc3c(c2)OCO3)cc1. The van der Waals surface area contributed by atoms with Crippen LogP contribution >= 0.6 is 11.8 Å². The molecule has 3 aromatic rings. The van der Waals surface area contributed by atoms with Crippen LogP contribution in [0.3, 0.4) is 0 Å². The fraction of sp³-hybridized carbons (Fsp3) is 0.241. The zero-order valence-corrected chi connectivity index (χ0v) is 22.3. The van der Waals surface area contributed by atoms with Gasteiger partial charge in [0, 0.05) is 17.7 Å². The number of thioether (sulfide) groups is 1. The summed E-state index contributed by atoms with van der Waals surface area (Å²) >= 11 is 1.26. The van der Waals surface area contributed by atoms with Gasteiger partial charge < -0.3 is 19.5 Å². The van der Waals surface area contributed by atoms with Crippen LogP contribution in [-0.4, -0.2) is 46.3 Å². The summed E-state index contributed by atoms with van der Waals surface area (Å²) in [4.78, 5) is 44.2. The number of rotatable bonds is 9. The summed E-state index contributed by atoms with van der Waals surface area (Å²) in [7, 11) is 0. The average Bonchev–Trinajstić information content (AvgIpc) is 3.50. The van der Waals surface area contributed by atoms with Gasteiger partial charge in [-0.25, -0.2) is 4.99 Å². The lowest BCUT2D eigenvalue weighted by Crippen LogP contribution is -2.33. The summed E-state index contributed by atoms with van der Waals surface area (Å²) in [6.45, 7) is 4.39. The molecule has 10 heteroatoms. The van der Waals surface area contributed by atoms with Crippen molar-refractivity contribution < 1.29 is 28.6 Å². The van der Waals surface area contributed by atoms with E-state index in [4.69, 9.17) is 19.2 Å². The summed E-state index contributed by atoms with van der Waals surface area (Å²) in [6.07, 6.45) is -0.0299. The second-order valence-corrected chi connectivity index (χ2v) is 10.1. The molecule has 3 aromatic carbocycles. The topological polar surface area (TPSA) is 107 Å². The Kier molecular flexibility index (Phi) is 7.83. The molecule has 2 heterocycles. The molecule has 0 saturated carbocycles. The normalized spacial score (nSPS) is 17.0. The van der Waals surface area contributed by atoms with Crippen LogP contribution < -0.4 is 19.5 Å². The van der Waals surface area contributed by atoms with Crippen LogP contribution in [0.15, 0.2) is 71.7 Å². The molecule has 200 valence electrons. The van der Waals surface area contributed by atoms with Crippen molar-refractivity contribution in [3.8, 4) is 17.2 Å². The van der Waals surface area contributed by atoms with E-state index in [9.17, 15) is 14.4 Å². The maximum absolute atomic E-state index is 13.5. The lowest BCUT2D eigenvalue weighted by Gasteiger charge is -2.17. The summed E-state index contributed by atoms with van der Waals surface area (Å²) < 4.78 is 16.4. The van der Waals surface area contributed by atoms with Crippen molar-refractivity contribution >= 4 is 45.9 Å². The number of nitrogens with zero attached hydrogens (tertiary/aromatic N) is 2. The third-order valence-electron chi connectivity index (χ3n) is 6.12. The number of nitrogens with one attached hydrogen (secondary N) is 1. The van der Waals surface area contributed by atoms with Crippen molar-refractivity contribution in [2.24, 2.45) is 4.99 Å². The van der Waals surface area contributed by atoms with Gasteiger partial charge in [0.15, 0.2) is 22.4 Å². The zero-order valence-electron chi connectivity index (χ0n) is 21.5. The smallest absolute Gasteiger partial charge is 0.242 e. The molecule has 0 aromatic heterocycles. The third kappa shape index (κ3) is 6.23. The van der Waals surface area contributed by atoms with E-state index in [1.165, 1.54) is 18.7 Å². The Hall–Kier alpha value is -4.31. The highest BCUT2D eigenvalue weighted by Gasteiger charge is 2.39. The number of ether oxygens (including phenoxy) is 3. The molecule has 0 spiro atoms. The Morgan fingerprint density at radius 1 is 1.05 bits per heavy atom. The van der Waals surface area contributed by atoms with E-state index in [1.807, 2.05) is 49.4 Å². The lowest BCUT2D eigenvalue weighted by molar-refractivity contribution is -0.128. The van der Waals surface area contributed by atoms with Crippen molar-refractivity contribution in [2.45, 2.75) is 32.1 Å². The first-order valence-electron chi connectivity index (χ1n) is 12.5. The second kappa shape index (κ2) is 11.6. The third-order valence-corrected chi connectivity index (χ3v) is 7.29. The van der Waals surface area contributed by atoms with E-state index in [1.54, 1.807) is 29.2 Å². The van der Waals surface area contributed by atoms with Gasteiger partial charge in [-0.1, -0.05) is 17.8 Å². The molecule has 0 aliphatic carbocycles. The van der Waals surface area contributed by atoms with Crippen molar-refractivity contribution in [3.63, 3.8) is 0 Å². The molecule has 5 rings (SSSR count). The molecule has 1 N–H and O–H groups in total. The van der Waals surface area contributed by atoms with Crippen LogP contribution in [0, 0.1) is 0 Å². The van der Waals surface area contributed by atoms with Gasteiger partial charge in [0.05, 0.1) is 18.8 Å². The molecule has 2 aliphatic heterocycles. The van der Waals surface area contributed by atoms with Gasteiger partial charge in [-0.2, -0.15) is 0 Å². The summed E-state index contributed by atoms with van der Waals surface area (Å²) in [5.74, 6) is 1.46. The van der Waals surface area contributed by atoms with E-state index in [-0.39, 0.29) is 37.4 Å². The molecule has 2 amide bonds. The lowest BCUT2D eigenvalue weighted by atomic mass is 10.1. The van der Waals surface area contributed by atoms with Gasteiger partial charge in [0.25, 0.3) is 0 Å². The standard InChI is InChI=1S/C29H27N3O6S/c1-3-36-23-11-9-22(10-12-23)31-29-32(16-19-4-13-24-25(14-19)38-17-37-24)28(35)26(39-29)15-27(34)30-21-7-5-20(6-8-21)18(2)33/h4-14,26H,3,15-17H2,1-2H3,(H,30,34)/t26-/m0/s1. The van der Waals surface area contributed by atoms with Gasteiger partial charge in [-0.3, -0.25) is 19.3 Å². The monoisotopic (exact) mass is 545 g/mol. The van der Waals surface area contributed by atoms with E-state index in [0.717, 1.165) is 11.3 Å². The van der Waals surface area contributed by atoms with Crippen LogP contribution in [-0.2, 0) is 16.1 Å². The number of carbonyl (C=O) groups is 3. The number of fused-ring (bicyclic) bond motifs is 1. The van der Waals surface area contributed by atoms with Crippen LogP contribution in [0.1, 0.15) is 36.2 Å². The number of aliphatic imine (C=N–C) groups is 1. The summed E-state index contributed by atoms with van der Waals surface area (Å²) in [6, 6.07) is 19.5. The minimum Gasteiger partial charge on any atom is -0.494 e. The van der Waals surface area contributed by atoms with E-state index >= 15 is 0 Å². The largest absolute Gasteiger partial charge is 0.494 e. The van der Waals surface area contributed by atoms with Crippen molar-refractivity contribution in [2.75, 3.05) is 18.7 Å². The fourth-order valence-corrected chi connectivity index (χ4v) is 5.31. The van der Waals surface area contributed by atoms with E-state index in [0.29, 0.717) is 40.2 Å². The quantitative estimate of drug-likeness (QED) is 0.370. The highest BCUT2D eigenvalue weighted by molar-refractivity contribution is 8.15. The Bertz CT molecular complexity index is 1420. The predicted molar refractivity (Wildman–Crippen MR) is 149 cm³/mol. The molecular formula is C29H27N3O6S. The maximum Gasteiger partial charge on any atom is 0.242 e. The molecule has 9 nitrogen and oxygen atoms in total. The van der Waals surface area contributed by atoms with Crippen LogP contribution in [0.2, 0.25) is 0 Å². The van der Waals surface area contributed by atoms with Gasteiger partial charge >= 0.3 is 0 Å². The maximum atomic E-state index is 13.5. The number of amidine groups is 1. The fourth-order valence-electron chi connectivity index (χ4n) is 4.16. The molecule has 1 fully saturated rings. The zero-order chi connectivity index (χ0) is 27.4. The first-order chi connectivity index (χ1) is 18.9. The first kappa shape index (κ1) is 26.3. The number of anilines is 1. The van der Waals surface area contributed by atoms with Gasteiger partial charge in [0.1, 0.15) is 11.0 Å². The van der Waals surface area contributed by atoms with Crippen molar-refractivity contribution in [1.29, 1.82) is 0 Å². The first-order valence-corrected chi connectivity index (χ1v) is 13.4. The number of hydrogen-bond donors (Lipinski definition) is 1. The number of amides is 2. The molecule has 0 radical (unpaired) electrons. The Morgan fingerprint density at radius 3 is 2.51 bits per heavy atom. The highest BCUT2D eigenvalue weighted by atomic mass is 32.2. The number of carbonyl (C=O) groups excluding carboxylic acids is 3. The van der Waals surface area contributed by atoms with Gasteiger partial charge in [-0.15, -0.1) is 0 Å². The Balaban J connectivity index is 1.34. The molecule has 0 unspecified atom stereocenters. The number of Topliss-reactive ketones (excluding diaryl/α,β-unsaturated/α-hetero) is 1. The molecule has 1 saturated heterocycles. The molecule has 39 heavy (non-hydrogen) atoms. The predicted octanol–water partition coefficient (Wildman–Crippen LogP) is 5.18. The van der Waals surface area contributed by atoms with E-state index in [2.05, 4.69) is 5.32 Å². The average molecular weight is 546 g/mol. The van der Waals surface area contributed by atoms with Crippen LogP contribution in [0.4, 0.5) is 11.4 Å². The van der Waals surface area contributed by atoms with Crippen molar-refractivity contribution in [1.82, 2.24) is 4.90 Å². The highest BCUT2D eigenvalue weighted by Crippen LogP contribution is 2.36. The molecule has 1 atom stereocenters. The number of ketones is 1. The van der Waals surface area contributed by atoms with Crippen LogP contribution in [0.5, 0.6) is 17.2 Å². The Labute approximate surface area is 230 Å². The summed E-state index contributed by atoms with van der Waals surface area (Å²) in [5.41, 5.74) is 2.63. The molecular weight excluding hydrogens is 518 g/mol. The van der Waals surface area contributed by atoms with Gasteiger partial charge in [0.2, 0.25) is 18.6 Å². The minimum atomic E-state index is -0.642. The van der Waals surface area contributed by atoms with Crippen molar-refractivity contribution in [3.05, 3.63) is 77.9 Å². The minimum absolute atomic E-state index is 0.0299. The summed E-state index contributed by atoms with van der Waals surface area (Å²) in [5, 5.41) is 2.68. The second-order valence-electron chi connectivity index (χ2n) is 8.93. The molecule has 0 bridgehead atoms. The molecule has 2 aliphatic rings. The van der Waals surface area contributed by atoms with E-state index < -0.39 is 5.25 Å². The Morgan fingerprint density at radius 2 is 1.79 bits per heavy atom. The van der Waals surface area contributed by atoms with Gasteiger partial charge in [-0.05, 0) is 80.1 Å².